The van der Waals surface area contributed by atoms with E-state index in [2.05, 4.69) is 10.3 Å². The van der Waals surface area contributed by atoms with E-state index in [-0.39, 0.29) is 18.4 Å². The Kier molecular flexibility index (Phi) is 7.64. The molecule has 0 saturated carbocycles. The zero-order chi connectivity index (χ0) is 23.9. The number of ether oxygens (including phenoxy) is 3. The van der Waals surface area contributed by atoms with Crippen molar-refractivity contribution >= 4 is 28.3 Å². The van der Waals surface area contributed by atoms with Gasteiger partial charge in [0.25, 0.3) is 11.8 Å². The highest BCUT2D eigenvalue weighted by Crippen LogP contribution is 2.30. The Morgan fingerprint density at radius 2 is 1.76 bits per heavy atom. The molecule has 1 fully saturated rings. The minimum absolute atomic E-state index is 0.0417. The number of piperidine rings is 1. The third kappa shape index (κ3) is 5.66. The number of rotatable bonds is 8. The summed E-state index contributed by atoms with van der Waals surface area (Å²) in [5.74, 6) is 1.22. The Hall–Kier alpha value is -3.59. The molecule has 0 bridgehead atoms. The molecule has 0 unspecified atom stereocenters. The number of hydrogen-bond donors (Lipinski definition) is 1. The van der Waals surface area contributed by atoms with Gasteiger partial charge in [-0.05, 0) is 61.7 Å². The van der Waals surface area contributed by atoms with Crippen LogP contribution in [0.5, 0.6) is 17.2 Å². The fourth-order valence-corrected chi connectivity index (χ4v) is 4.41. The van der Waals surface area contributed by atoms with E-state index in [0.717, 1.165) is 49.4 Å². The molecule has 34 heavy (non-hydrogen) atoms. The minimum Gasteiger partial charge on any atom is -0.497 e. The summed E-state index contributed by atoms with van der Waals surface area (Å²) in [5.41, 5.74) is 2.09. The molecule has 1 aliphatic heterocycles. The maximum Gasteiger partial charge on any atom is 0.260 e. The average Bonchev–Trinajstić information content (AvgIpc) is 3.36. The van der Waals surface area contributed by atoms with Crippen molar-refractivity contribution in [3.8, 4) is 28.5 Å². The topological polar surface area (TPSA) is 90.0 Å². The van der Waals surface area contributed by atoms with Crippen molar-refractivity contribution in [2.45, 2.75) is 19.3 Å². The van der Waals surface area contributed by atoms with Crippen LogP contribution in [0.2, 0.25) is 0 Å². The second-order valence-electron chi connectivity index (χ2n) is 7.82. The molecular formula is C25H27N3O5S. The van der Waals surface area contributed by atoms with Gasteiger partial charge in [0.1, 0.15) is 5.75 Å². The van der Waals surface area contributed by atoms with Crippen molar-refractivity contribution in [2.75, 3.05) is 39.2 Å². The van der Waals surface area contributed by atoms with Crippen molar-refractivity contribution in [3.63, 3.8) is 0 Å². The molecule has 3 aromatic rings. The van der Waals surface area contributed by atoms with Crippen molar-refractivity contribution in [1.82, 2.24) is 9.88 Å². The Morgan fingerprint density at radius 1 is 1.00 bits per heavy atom. The molecule has 8 nitrogen and oxygen atoms in total. The summed E-state index contributed by atoms with van der Waals surface area (Å²) < 4.78 is 16.3. The molecule has 4 rings (SSSR count). The molecule has 1 saturated heterocycles. The number of aromatic nitrogens is 1. The fraction of sp³-hybridized carbons (Fsp3) is 0.320. The summed E-state index contributed by atoms with van der Waals surface area (Å²) in [7, 11) is 3.12. The van der Waals surface area contributed by atoms with Gasteiger partial charge in [0.2, 0.25) is 0 Å². The Morgan fingerprint density at radius 3 is 2.47 bits per heavy atom. The Labute approximate surface area is 202 Å². The van der Waals surface area contributed by atoms with Gasteiger partial charge in [0.15, 0.2) is 23.2 Å². The molecule has 0 aliphatic carbocycles. The number of likely N-dealkylation sites (tertiary alicyclic amines) is 1. The largest absolute Gasteiger partial charge is 0.497 e. The molecule has 9 heteroatoms. The van der Waals surface area contributed by atoms with Crippen LogP contribution in [0.1, 0.15) is 29.6 Å². The van der Waals surface area contributed by atoms with Crippen LogP contribution in [-0.2, 0) is 4.79 Å². The second-order valence-corrected chi connectivity index (χ2v) is 8.67. The van der Waals surface area contributed by atoms with Gasteiger partial charge in [-0.1, -0.05) is 0 Å². The number of carbonyl (C=O) groups is 2. The van der Waals surface area contributed by atoms with Crippen LogP contribution in [0.15, 0.2) is 47.8 Å². The highest BCUT2D eigenvalue weighted by Gasteiger charge is 2.18. The standard InChI is InChI=1S/C25H27N3O5S/c1-31-19-9-6-17(7-10-19)20-16-34-25(26-20)27-24(30)18-8-11-21(22(14-18)32-2)33-15-23(29)28-12-4-3-5-13-28/h6-11,14,16H,3-5,12-13,15H2,1-2H3,(H,26,27,30). The predicted octanol–water partition coefficient (Wildman–Crippen LogP) is 4.47. The van der Waals surface area contributed by atoms with E-state index in [1.54, 1.807) is 25.3 Å². The van der Waals surface area contributed by atoms with Gasteiger partial charge in [-0.2, -0.15) is 0 Å². The number of benzene rings is 2. The molecule has 0 atom stereocenters. The number of amides is 2. The van der Waals surface area contributed by atoms with Crippen molar-refractivity contribution in [2.24, 2.45) is 0 Å². The smallest absolute Gasteiger partial charge is 0.260 e. The predicted molar refractivity (Wildman–Crippen MR) is 131 cm³/mol. The number of methoxy groups -OCH3 is 2. The molecular weight excluding hydrogens is 454 g/mol. The van der Waals surface area contributed by atoms with Crippen LogP contribution in [-0.4, -0.2) is 55.6 Å². The summed E-state index contributed by atoms with van der Waals surface area (Å²) in [5, 5.41) is 5.19. The zero-order valence-electron chi connectivity index (χ0n) is 19.2. The van der Waals surface area contributed by atoms with Gasteiger partial charge in [-0.15, -0.1) is 11.3 Å². The normalized spacial score (nSPS) is 13.3. The number of carbonyl (C=O) groups excluding carboxylic acids is 2. The quantitative estimate of drug-likeness (QED) is 0.511. The summed E-state index contributed by atoms with van der Waals surface area (Å²) in [6.07, 6.45) is 3.21. The molecule has 2 amide bonds. The van der Waals surface area contributed by atoms with E-state index in [1.165, 1.54) is 18.4 Å². The Balaban J connectivity index is 1.38. The maximum absolute atomic E-state index is 12.8. The van der Waals surface area contributed by atoms with Gasteiger partial charge in [-0.3, -0.25) is 14.9 Å². The molecule has 1 aliphatic rings. The lowest BCUT2D eigenvalue weighted by Crippen LogP contribution is -2.38. The highest BCUT2D eigenvalue weighted by molar-refractivity contribution is 7.14. The van der Waals surface area contributed by atoms with E-state index < -0.39 is 0 Å². The first-order valence-electron chi connectivity index (χ1n) is 11.1. The molecule has 2 aromatic carbocycles. The van der Waals surface area contributed by atoms with Gasteiger partial charge < -0.3 is 19.1 Å². The number of nitrogens with one attached hydrogen (secondary N) is 1. The first-order chi connectivity index (χ1) is 16.6. The van der Waals surface area contributed by atoms with Crippen LogP contribution >= 0.6 is 11.3 Å². The fourth-order valence-electron chi connectivity index (χ4n) is 3.70. The van der Waals surface area contributed by atoms with Gasteiger partial charge >= 0.3 is 0 Å². The van der Waals surface area contributed by atoms with E-state index in [9.17, 15) is 9.59 Å². The first kappa shape index (κ1) is 23.6. The highest BCUT2D eigenvalue weighted by atomic mass is 32.1. The van der Waals surface area contributed by atoms with Crippen LogP contribution in [0.3, 0.4) is 0 Å². The van der Waals surface area contributed by atoms with E-state index >= 15 is 0 Å². The summed E-state index contributed by atoms with van der Waals surface area (Å²) >= 11 is 1.34. The minimum atomic E-state index is -0.315. The lowest BCUT2D eigenvalue weighted by atomic mass is 10.1. The first-order valence-corrected chi connectivity index (χ1v) is 12.0. The van der Waals surface area contributed by atoms with Crippen LogP contribution in [0.25, 0.3) is 11.3 Å². The van der Waals surface area contributed by atoms with E-state index in [4.69, 9.17) is 14.2 Å². The van der Waals surface area contributed by atoms with E-state index in [0.29, 0.717) is 22.2 Å². The average molecular weight is 482 g/mol. The molecule has 0 radical (unpaired) electrons. The van der Waals surface area contributed by atoms with Crippen molar-refractivity contribution < 1.29 is 23.8 Å². The lowest BCUT2D eigenvalue weighted by molar-refractivity contribution is -0.134. The third-order valence-electron chi connectivity index (χ3n) is 5.60. The number of thiazole rings is 1. The SMILES string of the molecule is COc1ccc(-c2csc(NC(=O)c3ccc(OCC(=O)N4CCCCC4)c(OC)c3)n2)cc1. The van der Waals surface area contributed by atoms with Gasteiger partial charge in [-0.25, -0.2) is 4.98 Å². The lowest BCUT2D eigenvalue weighted by Gasteiger charge is -2.26. The molecule has 0 spiro atoms. The van der Waals surface area contributed by atoms with Crippen molar-refractivity contribution in [3.05, 3.63) is 53.4 Å². The second kappa shape index (κ2) is 11.0. The van der Waals surface area contributed by atoms with E-state index in [1.807, 2.05) is 34.5 Å². The third-order valence-corrected chi connectivity index (χ3v) is 6.35. The molecule has 178 valence electrons. The van der Waals surface area contributed by atoms with Crippen LogP contribution in [0, 0.1) is 0 Å². The zero-order valence-corrected chi connectivity index (χ0v) is 20.0. The molecule has 1 N–H and O–H groups in total. The van der Waals surface area contributed by atoms with Gasteiger partial charge in [0, 0.05) is 29.6 Å². The molecule has 2 heterocycles. The summed E-state index contributed by atoms with van der Waals surface area (Å²) in [6.45, 7) is 1.49. The summed E-state index contributed by atoms with van der Waals surface area (Å²) in [6, 6.07) is 12.4. The number of anilines is 1. The summed E-state index contributed by atoms with van der Waals surface area (Å²) in [4.78, 5) is 31.5. The number of hydrogen-bond acceptors (Lipinski definition) is 7. The van der Waals surface area contributed by atoms with Gasteiger partial charge in [0.05, 0.1) is 19.9 Å². The van der Waals surface area contributed by atoms with Crippen LogP contribution < -0.4 is 19.5 Å². The van der Waals surface area contributed by atoms with Crippen LogP contribution in [0.4, 0.5) is 5.13 Å². The Bertz CT molecular complexity index is 1140. The number of nitrogens with zero attached hydrogens (tertiary/aromatic N) is 2. The van der Waals surface area contributed by atoms with Crippen molar-refractivity contribution in [1.29, 1.82) is 0 Å². The maximum atomic E-state index is 12.8. The monoisotopic (exact) mass is 481 g/mol. The molecule has 1 aromatic heterocycles.